The second-order valence-electron chi connectivity index (χ2n) is 8.62. The molecule has 0 unspecified atom stereocenters. The number of fused-ring (bicyclic) bond motifs is 2. The van der Waals surface area contributed by atoms with E-state index in [0.717, 1.165) is 46.3 Å². The summed E-state index contributed by atoms with van der Waals surface area (Å²) >= 11 is 0. The lowest BCUT2D eigenvalue weighted by atomic mass is 9.87. The number of nitrogens with zero attached hydrogens (tertiary/aromatic N) is 1. The predicted octanol–water partition coefficient (Wildman–Crippen LogP) is 4.14. The maximum Gasteiger partial charge on any atom is 0.247 e. The first-order valence-electron chi connectivity index (χ1n) is 11.2. The van der Waals surface area contributed by atoms with Crippen molar-refractivity contribution in [2.75, 3.05) is 0 Å². The Kier molecular flexibility index (Phi) is 5.76. The van der Waals surface area contributed by atoms with E-state index in [2.05, 4.69) is 11.4 Å². The summed E-state index contributed by atoms with van der Waals surface area (Å²) in [7, 11) is -4.23. The number of hydrogen-bond acceptors (Lipinski definition) is 3. The van der Waals surface area contributed by atoms with Gasteiger partial charge in [0.2, 0.25) is 15.9 Å². The highest BCUT2D eigenvalue weighted by atomic mass is 32.2. The molecule has 0 spiro atoms. The molecule has 0 bridgehead atoms. The van der Waals surface area contributed by atoms with Crippen LogP contribution in [-0.4, -0.2) is 24.7 Å². The molecule has 3 aromatic carbocycles. The summed E-state index contributed by atoms with van der Waals surface area (Å²) in [6.45, 7) is 0.0200. The van der Waals surface area contributed by atoms with Crippen LogP contribution in [0, 0.1) is 5.82 Å². The Labute approximate surface area is 193 Å². The first-order valence-corrected chi connectivity index (χ1v) is 12.6. The van der Waals surface area contributed by atoms with Crippen molar-refractivity contribution >= 4 is 15.9 Å². The molecule has 0 aromatic heterocycles. The minimum atomic E-state index is -4.23. The molecule has 1 aliphatic heterocycles. The summed E-state index contributed by atoms with van der Waals surface area (Å²) in [5.41, 5.74) is 4.04. The van der Waals surface area contributed by atoms with Gasteiger partial charge in [0.1, 0.15) is 16.8 Å². The van der Waals surface area contributed by atoms with E-state index in [-0.39, 0.29) is 24.9 Å². The van der Waals surface area contributed by atoms with Gasteiger partial charge in [-0.05, 0) is 60.1 Å². The number of aryl methyl sites for hydroxylation is 1. The summed E-state index contributed by atoms with van der Waals surface area (Å²) < 4.78 is 42.7. The molecule has 0 radical (unpaired) electrons. The lowest BCUT2D eigenvalue weighted by Crippen LogP contribution is -2.53. The Hall–Kier alpha value is -3.03. The van der Waals surface area contributed by atoms with Crippen LogP contribution >= 0.6 is 0 Å². The van der Waals surface area contributed by atoms with E-state index < -0.39 is 26.8 Å². The molecule has 5 rings (SSSR count). The van der Waals surface area contributed by atoms with Crippen molar-refractivity contribution in [3.05, 3.63) is 101 Å². The topological polar surface area (TPSA) is 66.5 Å². The Balaban J connectivity index is 1.50. The molecule has 3 aromatic rings. The number of amides is 1. The Morgan fingerprint density at radius 1 is 0.909 bits per heavy atom. The monoisotopic (exact) mass is 464 g/mol. The van der Waals surface area contributed by atoms with Crippen molar-refractivity contribution in [3.63, 3.8) is 0 Å². The lowest BCUT2D eigenvalue weighted by molar-refractivity contribution is -0.126. The summed E-state index contributed by atoms with van der Waals surface area (Å²) in [6.07, 6.45) is 2.95. The van der Waals surface area contributed by atoms with Crippen LogP contribution in [0.2, 0.25) is 0 Å². The van der Waals surface area contributed by atoms with E-state index in [1.54, 1.807) is 0 Å². The number of halogens is 1. The average molecular weight is 465 g/mol. The lowest BCUT2D eigenvalue weighted by Gasteiger charge is -2.36. The van der Waals surface area contributed by atoms with Gasteiger partial charge in [-0.2, -0.15) is 4.31 Å². The van der Waals surface area contributed by atoms with Gasteiger partial charge in [-0.15, -0.1) is 0 Å². The Morgan fingerprint density at radius 2 is 1.58 bits per heavy atom. The normalized spacial score (nSPS) is 20.5. The van der Waals surface area contributed by atoms with Crippen LogP contribution in [-0.2, 0) is 34.2 Å². The molecule has 0 saturated carbocycles. The van der Waals surface area contributed by atoms with Gasteiger partial charge in [0.25, 0.3) is 0 Å². The molecule has 7 heteroatoms. The highest BCUT2D eigenvalue weighted by molar-refractivity contribution is 7.89. The maximum absolute atomic E-state index is 14.5. The number of carbonyl (C=O) groups is 1. The second kappa shape index (κ2) is 8.72. The van der Waals surface area contributed by atoms with Crippen molar-refractivity contribution in [3.8, 4) is 0 Å². The van der Waals surface area contributed by atoms with Crippen LogP contribution in [0.15, 0.2) is 77.7 Å². The van der Waals surface area contributed by atoms with Gasteiger partial charge in [-0.3, -0.25) is 4.79 Å². The molecule has 1 aliphatic carbocycles. The van der Waals surface area contributed by atoms with Crippen LogP contribution < -0.4 is 5.32 Å². The quantitative estimate of drug-likeness (QED) is 0.631. The van der Waals surface area contributed by atoms with Crippen LogP contribution in [0.3, 0.4) is 0 Å². The first kappa shape index (κ1) is 21.8. The minimum Gasteiger partial charge on any atom is -0.348 e. The molecule has 170 valence electrons. The molecule has 1 heterocycles. The Morgan fingerprint density at radius 3 is 2.36 bits per heavy atom. The van der Waals surface area contributed by atoms with Crippen molar-refractivity contribution in [2.45, 2.75) is 49.2 Å². The third-order valence-electron chi connectivity index (χ3n) is 6.62. The van der Waals surface area contributed by atoms with Crippen LogP contribution in [0.5, 0.6) is 0 Å². The molecule has 33 heavy (non-hydrogen) atoms. The standard InChI is InChI=1S/C26H25FN2O3S/c27-22-13-5-6-15-25(22)33(31,32)29-17-20-10-2-1-9-19(20)16-24(29)26(30)28-23-14-7-11-18-8-3-4-12-21(18)23/h1-6,8-10,12-13,15,23-24H,7,11,14,16-17H2,(H,28,30)/t23-,24-/m1/s1. The summed E-state index contributed by atoms with van der Waals surface area (Å²) in [4.78, 5) is 13.1. The van der Waals surface area contributed by atoms with Gasteiger partial charge in [0, 0.05) is 6.54 Å². The van der Waals surface area contributed by atoms with Crippen LogP contribution in [0.1, 0.15) is 41.1 Å². The predicted molar refractivity (Wildman–Crippen MR) is 123 cm³/mol. The fraction of sp³-hybridized carbons (Fsp3) is 0.269. The van der Waals surface area contributed by atoms with Crippen molar-refractivity contribution in [2.24, 2.45) is 0 Å². The van der Waals surface area contributed by atoms with Gasteiger partial charge in [-0.25, -0.2) is 12.8 Å². The minimum absolute atomic E-state index is 0.0200. The summed E-state index contributed by atoms with van der Waals surface area (Å²) in [5.74, 6) is -1.18. The van der Waals surface area contributed by atoms with Gasteiger partial charge in [0.05, 0.1) is 6.04 Å². The number of benzene rings is 3. The first-order chi connectivity index (χ1) is 15.9. The Bertz CT molecular complexity index is 1310. The zero-order valence-electron chi connectivity index (χ0n) is 18.1. The second-order valence-corrected chi connectivity index (χ2v) is 10.5. The van der Waals surface area contributed by atoms with E-state index in [1.165, 1.54) is 23.8 Å². The maximum atomic E-state index is 14.5. The van der Waals surface area contributed by atoms with Crippen LogP contribution in [0.25, 0.3) is 0 Å². The highest BCUT2D eigenvalue weighted by Crippen LogP contribution is 2.33. The van der Waals surface area contributed by atoms with E-state index in [4.69, 9.17) is 0 Å². The molecule has 0 fully saturated rings. The fourth-order valence-corrected chi connectivity index (χ4v) is 6.56. The molecule has 1 N–H and O–H groups in total. The SMILES string of the molecule is O=C(N[C@@H]1CCCc2ccccc21)[C@H]1Cc2ccccc2CN1S(=O)(=O)c1ccccc1F. The number of nitrogens with one attached hydrogen (secondary N) is 1. The molecule has 1 amide bonds. The summed E-state index contributed by atoms with van der Waals surface area (Å²) in [5, 5.41) is 3.10. The van der Waals surface area contributed by atoms with E-state index in [9.17, 15) is 17.6 Å². The van der Waals surface area contributed by atoms with Gasteiger partial charge >= 0.3 is 0 Å². The number of rotatable bonds is 4. The average Bonchev–Trinajstić information content (AvgIpc) is 2.83. The molecule has 2 aliphatic rings. The smallest absolute Gasteiger partial charge is 0.247 e. The van der Waals surface area contributed by atoms with E-state index in [1.807, 2.05) is 42.5 Å². The highest BCUT2D eigenvalue weighted by Gasteiger charge is 2.41. The van der Waals surface area contributed by atoms with E-state index in [0.29, 0.717) is 0 Å². The zero-order valence-corrected chi connectivity index (χ0v) is 18.9. The molecular weight excluding hydrogens is 439 g/mol. The third-order valence-corrected chi connectivity index (χ3v) is 8.51. The van der Waals surface area contributed by atoms with Gasteiger partial charge < -0.3 is 5.32 Å². The van der Waals surface area contributed by atoms with Crippen LogP contribution in [0.4, 0.5) is 4.39 Å². The molecule has 5 nitrogen and oxygen atoms in total. The molecule has 2 atom stereocenters. The van der Waals surface area contributed by atoms with Gasteiger partial charge in [-0.1, -0.05) is 60.7 Å². The molecular formula is C26H25FN2O3S. The van der Waals surface area contributed by atoms with Crippen molar-refractivity contribution in [1.82, 2.24) is 9.62 Å². The van der Waals surface area contributed by atoms with E-state index >= 15 is 0 Å². The fourth-order valence-electron chi connectivity index (χ4n) is 4.93. The zero-order chi connectivity index (χ0) is 23.0. The van der Waals surface area contributed by atoms with Crippen molar-refractivity contribution < 1.29 is 17.6 Å². The molecule has 0 saturated heterocycles. The van der Waals surface area contributed by atoms with Gasteiger partial charge in [0.15, 0.2) is 0 Å². The van der Waals surface area contributed by atoms with Crippen molar-refractivity contribution in [1.29, 1.82) is 0 Å². The number of hydrogen-bond donors (Lipinski definition) is 1. The number of carbonyl (C=O) groups excluding carboxylic acids is 1. The third kappa shape index (κ3) is 4.07. The number of sulfonamides is 1. The summed E-state index contributed by atoms with van der Waals surface area (Å²) in [6, 6.07) is 19.7. The largest absolute Gasteiger partial charge is 0.348 e.